The molecule has 0 amide bonds. The van der Waals surface area contributed by atoms with Crippen molar-refractivity contribution in [1.82, 2.24) is 5.32 Å². The molecule has 0 aliphatic heterocycles. The van der Waals surface area contributed by atoms with E-state index in [1.165, 1.54) is 15.6 Å². The maximum Gasteiger partial charge on any atom is 0.0453 e. The fraction of sp³-hybridized carbons (Fsp3) is 0.176. The summed E-state index contributed by atoms with van der Waals surface area (Å²) in [4.78, 5) is 0. The average molecular weight is 336 g/mol. The Bertz CT molecular complexity index is 766. The van der Waals surface area contributed by atoms with Gasteiger partial charge in [-0.2, -0.15) is 0 Å². The Morgan fingerprint density at radius 1 is 1.14 bits per heavy atom. The molecule has 1 aromatic heterocycles. The third-order valence-corrected chi connectivity index (χ3v) is 5.24. The van der Waals surface area contributed by atoms with E-state index >= 15 is 0 Å². The maximum absolute atomic E-state index is 6.31. The second-order valence-electron chi connectivity index (χ2n) is 4.97. The molecule has 0 bridgehead atoms. The summed E-state index contributed by atoms with van der Waals surface area (Å²) in [5.41, 5.74) is 2.42. The second kappa shape index (κ2) is 6.37. The smallest absolute Gasteiger partial charge is 0.0453 e. The Balaban J connectivity index is 1.97. The van der Waals surface area contributed by atoms with Crippen molar-refractivity contribution < 1.29 is 0 Å². The zero-order chi connectivity index (χ0) is 14.8. The molecule has 1 N–H and O–H groups in total. The van der Waals surface area contributed by atoms with Crippen molar-refractivity contribution in [3.63, 3.8) is 0 Å². The first kappa shape index (κ1) is 14.9. The van der Waals surface area contributed by atoms with Gasteiger partial charge < -0.3 is 5.32 Å². The van der Waals surface area contributed by atoms with Gasteiger partial charge in [0.2, 0.25) is 0 Å². The van der Waals surface area contributed by atoms with Gasteiger partial charge in [0, 0.05) is 20.8 Å². The van der Waals surface area contributed by atoms with E-state index in [4.69, 9.17) is 23.2 Å². The molecule has 0 saturated heterocycles. The molecule has 0 fully saturated rings. The van der Waals surface area contributed by atoms with Gasteiger partial charge in [-0.1, -0.05) is 47.5 Å². The number of rotatable bonds is 4. The van der Waals surface area contributed by atoms with Gasteiger partial charge in [-0.05, 0) is 53.6 Å². The van der Waals surface area contributed by atoms with E-state index in [-0.39, 0.29) is 6.04 Å². The normalized spacial score (nSPS) is 12.7. The topological polar surface area (TPSA) is 12.0 Å². The zero-order valence-corrected chi connectivity index (χ0v) is 13.9. The minimum atomic E-state index is 0.228. The summed E-state index contributed by atoms with van der Waals surface area (Å²) in [6, 6.07) is 14.5. The van der Waals surface area contributed by atoms with Gasteiger partial charge in [-0.25, -0.2) is 0 Å². The van der Waals surface area contributed by atoms with Crippen LogP contribution >= 0.6 is 34.5 Å². The monoisotopic (exact) mass is 335 g/mol. The minimum absolute atomic E-state index is 0.228. The van der Waals surface area contributed by atoms with Crippen molar-refractivity contribution in [3.05, 3.63) is 69.0 Å². The van der Waals surface area contributed by atoms with E-state index < -0.39 is 0 Å². The van der Waals surface area contributed by atoms with Crippen molar-refractivity contribution in [2.24, 2.45) is 0 Å². The highest BCUT2D eigenvalue weighted by Gasteiger charge is 2.15. The zero-order valence-electron chi connectivity index (χ0n) is 11.6. The van der Waals surface area contributed by atoms with Crippen LogP contribution in [0, 0.1) is 0 Å². The molecule has 21 heavy (non-hydrogen) atoms. The second-order valence-corrected chi connectivity index (χ2v) is 6.73. The molecular formula is C17H15Cl2NS. The maximum atomic E-state index is 6.31. The molecule has 108 valence electrons. The Hall–Kier alpha value is -1.06. The third kappa shape index (κ3) is 3.09. The lowest BCUT2D eigenvalue weighted by Gasteiger charge is -2.18. The molecule has 1 unspecified atom stereocenters. The van der Waals surface area contributed by atoms with Crippen molar-refractivity contribution in [3.8, 4) is 0 Å². The molecule has 3 rings (SSSR count). The van der Waals surface area contributed by atoms with Gasteiger partial charge in [0.15, 0.2) is 0 Å². The van der Waals surface area contributed by atoms with E-state index in [1.807, 2.05) is 19.2 Å². The largest absolute Gasteiger partial charge is 0.313 e. The number of thiophene rings is 1. The first-order valence-electron chi connectivity index (χ1n) is 6.76. The van der Waals surface area contributed by atoms with E-state index in [0.29, 0.717) is 5.02 Å². The van der Waals surface area contributed by atoms with Crippen LogP contribution in [0.3, 0.4) is 0 Å². The van der Waals surface area contributed by atoms with Crippen LogP contribution < -0.4 is 5.32 Å². The summed E-state index contributed by atoms with van der Waals surface area (Å²) in [6.07, 6.45) is 0.837. The number of hydrogen-bond acceptors (Lipinski definition) is 2. The number of benzene rings is 2. The van der Waals surface area contributed by atoms with E-state index in [0.717, 1.165) is 17.0 Å². The quantitative estimate of drug-likeness (QED) is 0.643. The van der Waals surface area contributed by atoms with Crippen LogP contribution in [0.2, 0.25) is 10.0 Å². The molecule has 2 aromatic carbocycles. The first-order valence-corrected chi connectivity index (χ1v) is 8.40. The van der Waals surface area contributed by atoms with Gasteiger partial charge in [0.25, 0.3) is 0 Å². The SMILES string of the molecule is CNC(Cc1ccc(Cl)cc1Cl)c1cccc2ccsc12. The molecule has 3 aromatic rings. The summed E-state index contributed by atoms with van der Waals surface area (Å²) < 4.78 is 1.34. The van der Waals surface area contributed by atoms with E-state index in [1.54, 1.807) is 17.4 Å². The molecule has 1 nitrogen and oxygen atoms in total. The summed E-state index contributed by atoms with van der Waals surface area (Å²) in [5.74, 6) is 0. The van der Waals surface area contributed by atoms with Gasteiger partial charge >= 0.3 is 0 Å². The molecule has 0 spiro atoms. The van der Waals surface area contributed by atoms with Gasteiger partial charge in [-0.3, -0.25) is 0 Å². The van der Waals surface area contributed by atoms with Crippen molar-refractivity contribution in [1.29, 1.82) is 0 Å². The lowest BCUT2D eigenvalue weighted by molar-refractivity contribution is 0.597. The first-order chi connectivity index (χ1) is 10.2. The molecule has 1 heterocycles. The third-order valence-electron chi connectivity index (χ3n) is 3.67. The number of hydrogen-bond donors (Lipinski definition) is 1. The average Bonchev–Trinajstić information content (AvgIpc) is 2.95. The lowest BCUT2D eigenvalue weighted by atomic mass is 9.98. The van der Waals surface area contributed by atoms with Crippen molar-refractivity contribution in [2.45, 2.75) is 12.5 Å². The highest BCUT2D eigenvalue weighted by molar-refractivity contribution is 7.17. The fourth-order valence-electron chi connectivity index (χ4n) is 2.57. The Morgan fingerprint density at radius 2 is 2.00 bits per heavy atom. The molecule has 1 atom stereocenters. The van der Waals surface area contributed by atoms with Gasteiger partial charge in [0.1, 0.15) is 0 Å². The predicted octanol–water partition coefficient (Wildman–Crippen LogP) is 5.71. The van der Waals surface area contributed by atoms with Crippen LogP contribution in [-0.2, 0) is 6.42 Å². The number of halogens is 2. The summed E-state index contributed by atoms with van der Waals surface area (Å²) in [6.45, 7) is 0. The lowest BCUT2D eigenvalue weighted by Crippen LogP contribution is -2.19. The minimum Gasteiger partial charge on any atom is -0.313 e. The van der Waals surface area contributed by atoms with Crippen LogP contribution in [0.25, 0.3) is 10.1 Å². The molecule has 0 radical (unpaired) electrons. The standard InChI is InChI=1S/C17H15Cl2NS/c1-20-16(9-12-5-6-13(18)10-15(12)19)14-4-2-3-11-7-8-21-17(11)14/h2-8,10,16,20H,9H2,1H3. The highest BCUT2D eigenvalue weighted by atomic mass is 35.5. The van der Waals surface area contributed by atoms with Crippen LogP contribution in [0.15, 0.2) is 47.8 Å². The summed E-state index contributed by atoms with van der Waals surface area (Å²) >= 11 is 14.1. The molecule has 4 heteroatoms. The number of nitrogens with one attached hydrogen (secondary N) is 1. The summed E-state index contributed by atoms with van der Waals surface area (Å²) in [5, 5.41) is 8.23. The van der Waals surface area contributed by atoms with E-state index in [9.17, 15) is 0 Å². The summed E-state index contributed by atoms with van der Waals surface area (Å²) in [7, 11) is 1.99. The van der Waals surface area contributed by atoms with E-state index in [2.05, 4.69) is 35.0 Å². The molecule has 0 aliphatic carbocycles. The van der Waals surface area contributed by atoms with Crippen molar-refractivity contribution >= 4 is 44.6 Å². The van der Waals surface area contributed by atoms with Crippen molar-refractivity contribution in [2.75, 3.05) is 7.05 Å². The molecule has 0 aliphatic rings. The van der Waals surface area contributed by atoms with Crippen LogP contribution in [0.5, 0.6) is 0 Å². The Morgan fingerprint density at radius 3 is 2.76 bits per heavy atom. The van der Waals surface area contributed by atoms with Crippen LogP contribution in [0.1, 0.15) is 17.2 Å². The van der Waals surface area contributed by atoms with Crippen LogP contribution in [0.4, 0.5) is 0 Å². The predicted molar refractivity (Wildman–Crippen MR) is 93.8 cm³/mol. The van der Waals surface area contributed by atoms with Crippen LogP contribution in [-0.4, -0.2) is 7.05 Å². The number of likely N-dealkylation sites (N-methyl/N-ethyl adjacent to an activating group) is 1. The molecule has 0 saturated carbocycles. The Labute approximate surface area is 138 Å². The Kier molecular flexibility index (Phi) is 4.51. The van der Waals surface area contributed by atoms with Gasteiger partial charge in [0.05, 0.1) is 0 Å². The highest BCUT2D eigenvalue weighted by Crippen LogP contribution is 2.32. The number of fused-ring (bicyclic) bond motifs is 1. The molecular weight excluding hydrogens is 321 g/mol. The van der Waals surface area contributed by atoms with Gasteiger partial charge in [-0.15, -0.1) is 11.3 Å². The fourth-order valence-corrected chi connectivity index (χ4v) is 4.02.